The zero-order valence-electron chi connectivity index (χ0n) is 14.2. The summed E-state index contributed by atoms with van der Waals surface area (Å²) >= 11 is 0. The number of rotatable bonds is 1. The molecule has 0 nitrogen and oxygen atoms in total. The lowest BCUT2D eigenvalue weighted by molar-refractivity contribution is 0.428. The molecule has 0 aliphatic heterocycles. The molecule has 0 aromatic heterocycles. The standard InChI is InChI=1S/C22H25F/c1-16-8-11-18(12-9-16)13-15-20-14-10-17(2)21(22(20)23)19-6-4-3-5-7-19/h8,10-11,14,19H,3-7,9,12H2,1-2H3. The molecular weight excluding hydrogens is 283 g/mol. The zero-order chi connectivity index (χ0) is 16.2. The van der Waals surface area contributed by atoms with Crippen molar-refractivity contribution in [3.05, 3.63) is 57.9 Å². The molecule has 1 aromatic rings. The van der Waals surface area contributed by atoms with Crippen molar-refractivity contribution < 1.29 is 4.39 Å². The fourth-order valence-electron chi connectivity index (χ4n) is 3.67. The van der Waals surface area contributed by atoms with Gasteiger partial charge in [0.05, 0.1) is 5.56 Å². The van der Waals surface area contributed by atoms with Gasteiger partial charge in [-0.3, -0.25) is 0 Å². The average molecular weight is 308 g/mol. The zero-order valence-corrected chi connectivity index (χ0v) is 14.2. The molecule has 0 heterocycles. The van der Waals surface area contributed by atoms with Gasteiger partial charge >= 0.3 is 0 Å². The van der Waals surface area contributed by atoms with Gasteiger partial charge in [-0.25, -0.2) is 4.39 Å². The van der Waals surface area contributed by atoms with E-state index in [-0.39, 0.29) is 5.82 Å². The van der Waals surface area contributed by atoms with Crippen LogP contribution in [0.3, 0.4) is 0 Å². The molecule has 0 N–H and O–H groups in total. The molecule has 0 radical (unpaired) electrons. The molecular formula is C22H25F. The van der Waals surface area contributed by atoms with Crippen LogP contribution in [0.4, 0.5) is 4.39 Å². The van der Waals surface area contributed by atoms with Crippen LogP contribution in [0.5, 0.6) is 0 Å². The molecule has 3 rings (SSSR count). The van der Waals surface area contributed by atoms with E-state index in [1.807, 2.05) is 19.1 Å². The Balaban J connectivity index is 1.89. The lowest BCUT2D eigenvalue weighted by atomic mass is 9.81. The van der Waals surface area contributed by atoms with Crippen molar-refractivity contribution in [3.8, 4) is 11.8 Å². The van der Waals surface area contributed by atoms with E-state index < -0.39 is 0 Å². The molecule has 2 aliphatic carbocycles. The molecule has 0 spiro atoms. The van der Waals surface area contributed by atoms with E-state index in [1.54, 1.807) is 0 Å². The van der Waals surface area contributed by atoms with E-state index >= 15 is 4.39 Å². The molecule has 0 saturated heterocycles. The summed E-state index contributed by atoms with van der Waals surface area (Å²) < 4.78 is 15.0. The molecule has 0 bridgehead atoms. The largest absolute Gasteiger partial charge is 0.205 e. The van der Waals surface area contributed by atoms with Crippen molar-refractivity contribution in [2.75, 3.05) is 0 Å². The third-order valence-electron chi connectivity index (χ3n) is 5.13. The number of allylic oxidation sites excluding steroid dienone is 4. The fourth-order valence-corrected chi connectivity index (χ4v) is 3.67. The Morgan fingerprint density at radius 2 is 1.74 bits per heavy atom. The molecule has 1 saturated carbocycles. The quantitative estimate of drug-likeness (QED) is 0.542. The molecule has 0 atom stereocenters. The van der Waals surface area contributed by atoms with E-state index in [1.165, 1.54) is 24.8 Å². The van der Waals surface area contributed by atoms with Crippen molar-refractivity contribution in [1.29, 1.82) is 0 Å². The van der Waals surface area contributed by atoms with Gasteiger partial charge in [-0.2, -0.15) is 0 Å². The Morgan fingerprint density at radius 1 is 0.957 bits per heavy atom. The van der Waals surface area contributed by atoms with E-state index in [9.17, 15) is 0 Å². The minimum absolute atomic E-state index is 0.0764. The van der Waals surface area contributed by atoms with Crippen LogP contribution in [0.25, 0.3) is 0 Å². The second-order valence-electron chi connectivity index (χ2n) is 6.95. The van der Waals surface area contributed by atoms with Gasteiger partial charge in [0, 0.05) is 5.57 Å². The lowest BCUT2D eigenvalue weighted by Gasteiger charge is -2.24. The smallest absolute Gasteiger partial charge is 0.142 e. The third kappa shape index (κ3) is 3.75. The van der Waals surface area contributed by atoms with Crippen molar-refractivity contribution in [2.45, 2.75) is 64.7 Å². The summed E-state index contributed by atoms with van der Waals surface area (Å²) in [4.78, 5) is 0. The molecule has 120 valence electrons. The van der Waals surface area contributed by atoms with Gasteiger partial charge < -0.3 is 0 Å². The minimum Gasteiger partial charge on any atom is -0.205 e. The second kappa shape index (κ2) is 7.18. The second-order valence-corrected chi connectivity index (χ2v) is 6.95. The number of hydrogen-bond donors (Lipinski definition) is 0. The maximum Gasteiger partial charge on any atom is 0.142 e. The Morgan fingerprint density at radius 3 is 2.43 bits per heavy atom. The highest BCUT2D eigenvalue weighted by Crippen LogP contribution is 2.36. The van der Waals surface area contributed by atoms with Crippen molar-refractivity contribution in [2.24, 2.45) is 0 Å². The molecule has 23 heavy (non-hydrogen) atoms. The van der Waals surface area contributed by atoms with Gasteiger partial charge in [0.25, 0.3) is 0 Å². The maximum absolute atomic E-state index is 15.0. The fraction of sp³-hybridized carbons (Fsp3) is 0.455. The SMILES string of the molecule is CC1=CC=C(C#Cc2ccc(C)c(C3CCCCC3)c2F)CC1. The summed E-state index contributed by atoms with van der Waals surface area (Å²) in [5.74, 6) is 6.56. The highest BCUT2D eigenvalue weighted by Gasteiger charge is 2.22. The van der Waals surface area contributed by atoms with Gasteiger partial charge in [-0.1, -0.05) is 54.9 Å². The summed E-state index contributed by atoms with van der Waals surface area (Å²) in [5.41, 5.74) is 5.05. The highest BCUT2D eigenvalue weighted by molar-refractivity contribution is 5.48. The van der Waals surface area contributed by atoms with Crippen molar-refractivity contribution in [1.82, 2.24) is 0 Å². The number of hydrogen-bond acceptors (Lipinski definition) is 0. The van der Waals surface area contributed by atoms with E-state index in [2.05, 4.69) is 30.9 Å². The first kappa shape index (κ1) is 16.1. The monoisotopic (exact) mass is 308 g/mol. The van der Waals surface area contributed by atoms with Crippen LogP contribution >= 0.6 is 0 Å². The van der Waals surface area contributed by atoms with Crippen LogP contribution in [-0.2, 0) is 0 Å². The number of halogens is 1. The third-order valence-corrected chi connectivity index (χ3v) is 5.13. The molecule has 0 amide bonds. The molecule has 1 aromatic carbocycles. The first-order chi connectivity index (χ1) is 11.1. The van der Waals surface area contributed by atoms with Crippen molar-refractivity contribution >= 4 is 0 Å². The van der Waals surface area contributed by atoms with Gasteiger partial charge in [0.2, 0.25) is 0 Å². The maximum atomic E-state index is 15.0. The summed E-state index contributed by atoms with van der Waals surface area (Å²) in [7, 11) is 0. The number of benzene rings is 1. The molecule has 1 heteroatoms. The van der Waals surface area contributed by atoms with Crippen LogP contribution in [0, 0.1) is 24.6 Å². The summed E-state index contributed by atoms with van der Waals surface area (Å²) in [6, 6.07) is 3.88. The van der Waals surface area contributed by atoms with Crippen LogP contribution < -0.4 is 0 Å². The van der Waals surface area contributed by atoms with Crippen LogP contribution in [0.2, 0.25) is 0 Å². The van der Waals surface area contributed by atoms with Crippen LogP contribution in [-0.4, -0.2) is 0 Å². The van der Waals surface area contributed by atoms with Gasteiger partial charge in [0.1, 0.15) is 5.82 Å². The summed E-state index contributed by atoms with van der Waals surface area (Å²) in [6.45, 7) is 4.16. The van der Waals surface area contributed by atoms with Crippen LogP contribution in [0.1, 0.15) is 74.5 Å². The van der Waals surface area contributed by atoms with Crippen LogP contribution in [0.15, 0.2) is 35.4 Å². The van der Waals surface area contributed by atoms with E-state index in [0.29, 0.717) is 11.5 Å². The summed E-state index contributed by atoms with van der Waals surface area (Å²) in [5, 5.41) is 0. The van der Waals surface area contributed by atoms with Gasteiger partial charge in [-0.15, -0.1) is 0 Å². The predicted octanol–water partition coefficient (Wildman–Crippen LogP) is 6.20. The van der Waals surface area contributed by atoms with E-state index in [4.69, 9.17) is 0 Å². The Hall–Kier alpha value is -1.81. The first-order valence-corrected chi connectivity index (χ1v) is 8.82. The Bertz CT molecular complexity index is 703. The average Bonchev–Trinajstić information content (AvgIpc) is 2.57. The van der Waals surface area contributed by atoms with Gasteiger partial charge in [0.15, 0.2) is 0 Å². The van der Waals surface area contributed by atoms with E-state index in [0.717, 1.165) is 42.4 Å². The summed E-state index contributed by atoms with van der Waals surface area (Å²) in [6.07, 6.45) is 12.2. The minimum atomic E-state index is -0.0764. The Kier molecular flexibility index (Phi) is 5.01. The van der Waals surface area contributed by atoms with Gasteiger partial charge in [-0.05, 0) is 62.6 Å². The first-order valence-electron chi connectivity index (χ1n) is 8.82. The Labute approximate surface area is 139 Å². The number of aryl methyl sites for hydroxylation is 1. The predicted molar refractivity (Wildman–Crippen MR) is 94.9 cm³/mol. The molecule has 2 aliphatic rings. The molecule has 1 fully saturated rings. The molecule has 0 unspecified atom stereocenters. The topological polar surface area (TPSA) is 0 Å². The lowest BCUT2D eigenvalue weighted by Crippen LogP contribution is -2.09. The highest BCUT2D eigenvalue weighted by atomic mass is 19.1. The normalized spacial score (nSPS) is 18.7. The van der Waals surface area contributed by atoms with Crippen molar-refractivity contribution in [3.63, 3.8) is 0 Å².